The summed E-state index contributed by atoms with van der Waals surface area (Å²) in [7, 11) is 0. The topological polar surface area (TPSA) is 20.9 Å². The molecule has 0 saturated carbocycles. The predicted molar refractivity (Wildman–Crippen MR) is 105 cm³/mol. The highest BCUT2D eigenvalue weighted by molar-refractivity contribution is 5.96. The van der Waals surface area contributed by atoms with Crippen LogP contribution >= 0.6 is 0 Å². The summed E-state index contributed by atoms with van der Waals surface area (Å²) in [4.78, 5) is 12.8. The molecule has 0 unspecified atom stereocenters. The summed E-state index contributed by atoms with van der Waals surface area (Å²) in [5.41, 5.74) is 4.16. The molecular weight excluding hydrogens is 318 g/mol. The van der Waals surface area contributed by atoms with Crippen LogP contribution in [0.5, 0.6) is 0 Å². The molecule has 0 radical (unpaired) electrons. The summed E-state index contributed by atoms with van der Waals surface area (Å²) in [5, 5.41) is 2.33. The molecule has 0 fully saturated rings. The van der Waals surface area contributed by atoms with Crippen molar-refractivity contribution in [2.75, 3.05) is 0 Å². The van der Waals surface area contributed by atoms with Crippen LogP contribution in [0.15, 0.2) is 91.1 Å². The zero-order chi connectivity index (χ0) is 17.9. The summed E-state index contributed by atoms with van der Waals surface area (Å²) in [5.74, 6) is 0.110. The molecule has 1 heterocycles. The molecule has 0 atom stereocenters. The second kappa shape index (κ2) is 6.93. The zero-order valence-corrected chi connectivity index (χ0v) is 14.7. The maximum Gasteiger partial charge on any atom is 0.227 e. The average molecular weight is 338 g/mol. The highest BCUT2D eigenvalue weighted by Crippen LogP contribution is 2.25. The normalized spacial score (nSPS) is 10.8. The highest BCUT2D eigenvalue weighted by Gasteiger charge is 2.20. The first-order chi connectivity index (χ1) is 12.7. The molecule has 0 aliphatic rings. The lowest BCUT2D eigenvalue weighted by Crippen LogP contribution is -2.40. The number of hydrogen-bond acceptors (Lipinski definition) is 1. The summed E-state index contributed by atoms with van der Waals surface area (Å²) in [6.45, 7) is 2.40. The van der Waals surface area contributed by atoms with Gasteiger partial charge in [-0.15, -0.1) is 0 Å². The van der Waals surface area contributed by atoms with Crippen molar-refractivity contribution in [1.29, 1.82) is 0 Å². The molecule has 4 aromatic rings. The van der Waals surface area contributed by atoms with Gasteiger partial charge in [-0.2, -0.15) is 4.57 Å². The number of benzene rings is 3. The van der Waals surface area contributed by atoms with Crippen molar-refractivity contribution in [3.05, 3.63) is 102 Å². The second-order valence-electron chi connectivity index (χ2n) is 6.53. The predicted octanol–water partition coefficient (Wildman–Crippen LogP) is 4.99. The van der Waals surface area contributed by atoms with Gasteiger partial charge in [0.1, 0.15) is 0 Å². The first kappa shape index (κ1) is 16.2. The van der Waals surface area contributed by atoms with Crippen molar-refractivity contribution in [1.82, 2.24) is 0 Å². The van der Waals surface area contributed by atoms with Crippen molar-refractivity contribution in [3.8, 4) is 11.3 Å². The number of ketones is 1. The molecule has 4 rings (SSSR count). The first-order valence-electron chi connectivity index (χ1n) is 8.79. The minimum absolute atomic E-state index is 0.110. The molecule has 0 aliphatic heterocycles. The van der Waals surface area contributed by atoms with Crippen molar-refractivity contribution in [2.45, 2.75) is 13.5 Å². The number of rotatable bonds is 4. The number of aryl methyl sites for hydroxylation is 1. The summed E-state index contributed by atoms with van der Waals surface area (Å²) >= 11 is 0. The number of carbonyl (C=O) groups excluding carboxylic acids is 1. The lowest BCUT2D eigenvalue weighted by Gasteiger charge is -2.08. The molecular formula is C24H20NO+. The Kier molecular flexibility index (Phi) is 4.32. The van der Waals surface area contributed by atoms with Gasteiger partial charge in [-0.25, -0.2) is 0 Å². The fourth-order valence-electron chi connectivity index (χ4n) is 3.29. The van der Waals surface area contributed by atoms with Crippen LogP contribution in [0.25, 0.3) is 22.0 Å². The number of carbonyl (C=O) groups is 1. The van der Waals surface area contributed by atoms with Crippen molar-refractivity contribution < 1.29 is 9.36 Å². The molecule has 2 heteroatoms. The standard InChI is InChI=1S/C24H20NO/c1-18-11-13-21(14-12-18)24-22-10-6-5-7-19(22)15-16-25(24)17-23(26)20-8-3-2-4-9-20/h2-16H,17H2,1H3/q+1. The van der Waals surface area contributed by atoms with E-state index in [1.165, 1.54) is 10.9 Å². The Morgan fingerprint density at radius 2 is 1.50 bits per heavy atom. The molecule has 26 heavy (non-hydrogen) atoms. The van der Waals surface area contributed by atoms with Crippen LogP contribution in [0, 0.1) is 6.92 Å². The van der Waals surface area contributed by atoms with E-state index in [0.717, 1.165) is 22.2 Å². The minimum Gasteiger partial charge on any atom is -0.287 e. The number of hydrogen-bond donors (Lipinski definition) is 0. The lowest BCUT2D eigenvalue weighted by atomic mass is 10.0. The Hall–Kier alpha value is -3.26. The van der Waals surface area contributed by atoms with E-state index in [1.54, 1.807) is 0 Å². The van der Waals surface area contributed by atoms with Crippen LogP contribution in [0.1, 0.15) is 15.9 Å². The van der Waals surface area contributed by atoms with E-state index >= 15 is 0 Å². The molecule has 126 valence electrons. The van der Waals surface area contributed by atoms with Gasteiger partial charge in [-0.1, -0.05) is 66.2 Å². The van der Waals surface area contributed by atoms with Gasteiger partial charge in [0, 0.05) is 17.2 Å². The maximum absolute atomic E-state index is 12.8. The van der Waals surface area contributed by atoms with Gasteiger partial charge in [0.2, 0.25) is 18.0 Å². The van der Waals surface area contributed by atoms with Gasteiger partial charge in [0.15, 0.2) is 6.20 Å². The van der Waals surface area contributed by atoms with E-state index in [4.69, 9.17) is 0 Å². The van der Waals surface area contributed by atoms with E-state index in [0.29, 0.717) is 6.54 Å². The van der Waals surface area contributed by atoms with E-state index in [9.17, 15) is 4.79 Å². The summed E-state index contributed by atoms with van der Waals surface area (Å²) in [6.07, 6.45) is 2.01. The van der Waals surface area contributed by atoms with Crippen LogP contribution in [0.3, 0.4) is 0 Å². The average Bonchev–Trinajstić information content (AvgIpc) is 2.69. The van der Waals surface area contributed by atoms with Gasteiger partial charge in [0.25, 0.3) is 0 Å². The quantitative estimate of drug-likeness (QED) is 0.379. The van der Waals surface area contributed by atoms with Crippen LogP contribution in [0.4, 0.5) is 0 Å². The number of Topliss-reactive ketones (excluding diaryl/α,β-unsaturated/α-hetero) is 1. The van der Waals surface area contributed by atoms with Crippen molar-refractivity contribution in [2.24, 2.45) is 0 Å². The Bertz CT molecular complexity index is 1070. The van der Waals surface area contributed by atoms with Gasteiger partial charge < -0.3 is 0 Å². The molecule has 0 spiro atoms. The monoisotopic (exact) mass is 338 g/mol. The molecule has 0 saturated heterocycles. The van der Waals surface area contributed by atoms with Gasteiger partial charge in [-0.05, 0) is 30.5 Å². The molecule has 3 aromatic carbocycles. The third kappa shape index (κ3) is 3.14. The Morgan fingerprint density at radius 1 is 0.808 bits per heavy atom. The van der Waals surface area contributed by atoms with Gasteiger partial charge in [0.05, 0.1) is 5.39 Å². The second-order valence-corrected chi connectivity index (χ2v) is 6.53. The SMILES string of the molecule is Cc1ccc(-c2c3ccccc3cc[n+]2CC(=O)c2ccccc2)cc1. The molecule has 0 bridgehead atoms. The van der Waals surface area contributed by atoms with Gasteiger partial charge in [-0.3, -0.25) is 4.79 Å². The van der Waals surface area contributed by atoms with E-state index in [2.05, 4.69) is 54.0 Å². The van der Waals surface area contributed by atoms with Crippen LogP contribution < -0.4 is 4.57 Å². The lowest BCUT2D eigenvalue weighted by molar-refractivity contribution is -0.671. The Morgan fingerprint density at radius 3 is 2.27 bits per heavy atom. The van der Waals surface area contributed by atoms with E-state index in [1.807, 2.05) is 48.7 Å². The minimum atomic E-state index is 0.110. The smallest absolute Gasteiger partial charge is 0.227 e. The molecule has 1 aromatic heterocycles. The van der Waals surface area contributed by atoms with Gasteiger partial charge >= 0.3 is 0 Å². The fourth-order valence-corrected chi connectivity index (χ4v) is 3.29. The summed E-state index contributed by atoms with van der Waals surface area (Å²) < 4.78 is 2.06. The number of aromatic nitrogens is 1. The van der Waals surface area contributed by atoms with E-state index in [-0.39, 0.29) is 5.78 Å². The Labute approximate surface area is 153 Å². The molecule has 0 amide bonds. The molecule has 2 nitrogen and oxygen atoms in total. The first-order valence-corrected chi connectivity index (χ1v) is 8.79. The van der Waals surface area contributed by atoms with Crippen molar-refractivity contribution in [3.63, 3.8) is 0 Å². The maximum atomic E-state index is 12.8. The van der Waals surface area contributed by atoms with Crippen LogP contribution in [0.2, 0.25) is 0 Å². The highest BCUT2D eigenvalue weighted by atomic mass is 16.1. The van der Waals surface area contributed by atoms with E-state index < -0.39 is 0 Å². The number of fused-ring (bicyclic) bond motifs is 1. The van der Waals surface area contributed by atoms with Crippen LogP contribution in [-0.4, -0.2) is 5.78 Å². The Balaban J connectivity index is 1.85. The third-order valence-corrected chi connectivity index (χ3v) is 4.67. The molecule has 0 aliphatic carbocycles. The summed E-state index contributed by atoms with van der Waals surface area (Å²) in [6, 6.07) is 28.3. The number of nitrogens with zero attached hydrogens (tertiary/aromatic N) is 1. The third-order valence-electron chi connectivity index (χ3n) is 4.67. The molecule has 0 N–H and O–H groups in total. The largest absolute Gasteiger partial charge is 0.287 e. The van der Waals surface area contributed by atoms with Crippen molar-refractivity contribution >= 4 is 16.6 Å². The zero-order valence-electron chi connectivity index (χ0n) is 14.7. The van der Waals surface area contributed by atoms with Crippen LogP contribution in [-0.2, 0) is 6.54 Å². The fraction of sp³-hybridized carbons (Fsp3) is 0.0833. The number of pyridine rings is 1.